The average molecular weight is 286 g/mol. The summed E-state index contributed by atoms with van der Waals surface area (Å²) in [4.78, 5) is 22.4. The summed E-state index contributed by atoms with van der Waals surface area (Å²) in [7, 11) is 0. The number of hydrogen-bond donors (Lipinski definition) is 3. The molecule has 7 heteroatoms. The predicted octanol–water partition coefficient (Wildman–Crippen LogP) is 2.97. The third kappa shape index (κ3) is 3.91. The first-order chi connectivity index (χ1) is 9.38. The van der Waals surface area contributed by atoms with Gasteiger partial charge in [0.1, 0.15) is 11.6 Å². The number of carboxylic acid groups (broad SMARTS) is 1. The maximum atomic E-state index is 13.5. The molecule has 2 amide bonds. The summed E-state index contributed by atoms with van der Waals surface area (Å²) in [6.45, 7) is 3.77. The number of aromatic carboxylic acids is 1. The summed E-state index contributed by atoms with van der Waals surface area (Å²) in [5.74, 6) is -3.76. The van der Waals surface area contributed by atoms with Crippen LogP contribution in [0.2, 0.25) is 0 Å². The van der Waals surface area contributed by atoms with Gasteiger partial charge in [0.15, 0.2) is 0 Å². The van der Waals surface area contributed by atoms with Gasteiger partial charge in [-0.3, -0.25) is 0 Å². The Hall–Kier alpha value is -2.18. The van der Waals surface area contributed by atoms with E-state index in [0.717, 1.165) is 6.07 Å². The summed E-state index contributed by atoms with van der Waals surface area (Å²) in [5.41, 5.74) is -1.09. The summed E-state index contributed by atoms with van der Waals surface area (Å²) in [6.07, 6.45) is 1.41. The van der Waals surface area contributed by atoms with Crippen LogP contribution in [0.5, 0.6) is 0 Å². The van der Waals surface area contributed by atoms with E-state index in [1.165, 1.54) is 0 Å². The van der Waals surface area contributed by atoms with E-state index in [1.807, 2.05) is 13.8 Å². The summed E-state index contributed by atoms with van der Waals surface area (Å²) in [5, 5.41) is 13.5. The summed E-state index contributed by atoms with van der Waals surface area (Å²) in [6, 6.07) is 0.438. The van der Waals surface area contributed by atoms with Crippen molar-refractivity contribution in [3.63, 3.8) is 0 Å². The molecule has 20 heavy (non-hydrogen) atoms. The van der Waals surface area contributed by atoms with Gasteiger partial charge in [0.05, 0.1) is 11.3 Å². The van der Waals surface area contributed by atoms with E-state index >= 15 is 0 Å². The topological polar surface area (TPSA) is 78.4 Å². The fourth-order valence-corrected chi connectivity index (χ4v) is 1.65. The van der Waals surface area contributed by atoms with Gasteiger partial charge in [0.2, 0.25) is 0 Å². The third-order valence-corrected chi connectivity index (χ3v) is 2.86. The van der Waals surface area contributed by atoms with Crippen LogP contribution in [0.15, 0.2) is 12.1 Å². The molecule has 0 aliphatic carbocycles. The van der Waals surface area contributed by atoms with Gasteiger partial charge < -0.3 is 15.7 Å². The van der Waals surface area contributed by atoms with Crippen LogP contribution in [0.3, 0.4) is 0 Å². The molecular formula is C13H16F2N2O3. The second-order valence-corrected chi connectivity index (χ2v) is 4.23. The van der Waals surface area contributed by atoms with Crippen molar-refractivity contribution < 1.29 is 23.5 Å². The van der Waals surface area contributed by atoms with Crippen molar-refractivity contribution in [2.45, 2.75) is 32.7 Å². The molecule has 1 aromatic carbocycles. The van der Waals surface area contributed by atoms with Gasteiger partial charge in [0, 0.05) is 12.1 Å². The molecule has 0 fully saturated rings. The molecule has 0 aliphatic rings. The van der Waals surface area contributed by atoms with Crippen molar-refractivity contribution in [3.8, 4) is 0 Å². The zero-order valence-electron chi connectivity index (χ0n) is 11.2. The fraction of sp³-hybridized carbons (Fsp3) is 0.385. The van der Waals surface area contributed by atoms with Crippen molar-refractivity contribution in [1.29, 1.82) is 0 Å². The van der Waals surface area contributed by atoms with E-state index in [-0.39, 0.29) is 11.7 Å². The number of nitrogens with one attached hydrogen (secondary N) is 2. The Labute approximate surface area is 115 Å². The van der Waals surface area contributed by atoms with E-state index in [9.17, 15) is 18.4 Å². The van der Waals surface area contributed by atoms with E-state index in [4.69, 9.17) is 5.11 Å². The Balaban J connectivity index is 2.89. The van der Waals surface area contributed by atoms with Gasteiger partial charge in [0.25, 0.3) is 0 Å². The first-order valence-electron chi connectivity index (χ1n) is 6.18. The minimum Gasteiger partial charge on any atom is -0.478 e. The minimum absolute atomic E-state index is 0.0718. The second-order valence-electron chi connectivity index (χ2n) is 4.23. The quantitative estimate of drug-likeness (QED) is 0.778. The Bertz CT molecular complexity index is 517. The molecule has 0 aliphatic heterocycles. The molecular weight excluding hydrogens is 270 g/mol. The number of urea groups is 1. The van der Waals surface area contributed by atoms with Gasteiger partial charge in [-0.05, 0) is 18.9 Å². The van der Waals surface area contributed by atoms with Gasteiger partial charge in [-0.1, -0.05) is 13.8 Å². The Morgan fingerprint density at radius 1 is 1.20 bits per heavy atom. The Morgan fingerprint density at radius 2 is 1.80 bits per heavy atom. The van der Waals surface area contributed by atoms with Gasteiger partial charge >= 0.3 is 12.0 Å². The van der Waals surface area contributed by atoms with Crippen LogP contribution in [-0.2, 0) is 0 Å². The molecule has 0 spiro atoms. The van der Waals surface area contributed by atoms with Crippen molar-refractivity contribution >= 4 is 17.7 Å². The lowest BCUT2D eigenvalue weighted by Gasteiger charge is -2.16. The highest BCUT2D eigenvalue weighted by Gasteiger charge is 2.17. The molecule has 0 unspecified atom stereocenters. The highest BCUT2D eigenvalue weighted by Crippen LogP contribution is 2.19. The van der Waals surface area contributed by atoms with E-state index in [1.54, 1.807) is 0 Å². The maximum absolute atomic E-state index is 13.5. The number of hydrogen-bond acceptors (Lipinski definition) is 2. The molecule has 3 N–H and O–H groups in total. The number of carbonyl (C=O) groups excluding carboxylic acids is 1. The fourth-order valence-electron chi connectivity index (χ4n) is 1.65. The van der Waals surface area contributed by atoms with Crippen LogP contribution in [0.4, 0.5) is 19.3 Å². The number of benzene rings is 1. The summed E-state index contributed by atoms with van der Waals surface area (Å²) >= 11 is 0. The van der Waals surface area contributed by atoms with Crippen molar-refractivity contribution in [3.05, 3.63) is 29.3 Å². The molecule has 5 nitrogen and oxygen atoms in total. The molecule has 110 valence electrons. The Morgan fingerprint density at radius 3 is 2.30 bits per heavy atom. The van der Waals surface area contributed by atoms with E-state index in [2.05, 4.69) is 10.6 Å². The molecule has 0 aromatic heterocycles. The van der Waals surface area contributed by atoms with Crippen LogP contribution in [0.25, 0.3) is 0 Å². The molecule has 0 radical (unpaired) electrons. The van der Waals surface area contributed by atoms with Crippen LogP contribution in [0, 0.1) is 11.6 Å². The second kappa shape index (κ2) is 6.83. The molecule has 0 bridgehead atoms. The van der Waals surface area contributed by atoms with Crippen LogP contribution in [-0.4, -0.2) is 23.1 Å². The number of carbonyl (C=O) groups is 2. The lowest BCUT2D eigenvalue weighted by Crippen LogP contribution is -2.37. The van der Waals surface area contributed by atoms with Crippen molar-refractivity contribution in [1.82, 2.24) is 5.32 Å². The van der Waals surface area contributed by atoms with Crippen LogP contribution < -0.4 is 10.6 Å². The molecule has 0 saturated carbocycles. The molecule has 1 rings (SSSR count). The Kier molecular flexibility index (Phi) is 5.42. The van der Waals surface area contributed by atoms with Gasteiger partial charge in [-0.2, -0.15) is 0 Å². The van der Waals surface area contributed by atoms with E-state index in [0.29, 0.717) is 18.9 Å². The number of halogens is 2. The third-order valence-electron chi connectivity index (χ3n) is 2.86. The monoisotopic (exact) mass is 286 g/mol. The number of anilines is 1. The highest BCUT2D eigenvalue weighted by atomic mass is 19.1. The molecule has 0 atom stereocenters. The normalized spacial score (nSPS) is 10.4. The standard InChI is InChI=1S/C13H16F2N2O3/c1-3-7(4-2)16-13(20)17-11-5-8(12(18)19)9(14)6-10(11)15/h5-7H,3-4H2,1-2H3,(H,18,19)(H2,16,17,20). The SMILES string of the molecule is CCC(CC)NC(=O)Nc1cc(C(=O)O)c(F)cc1F. The number of rotatable bonds is 5. The first kappa shape index (κ1) is 15.9. The molecule has 0 heterocycles. The first-order valence-corrected chi connectivity index (χ1v) is 6.18. The lowest BCUT2D eigenvalue weighted by atomic mass is 10.1. The number of amides is 2. The molecule has 1 aromatic rings. The lowest BCUT2D eigenvalue weighted by molar-refractivity contribution is 0.0692. The summed E-state index contributed by atoms with van der Waals surface area (Å²) < 4.78 is 26.7. The van der Waals surface area contributed by atoms with Crippen LogP contribution in [0.1, 0.15) is 37.0 Å². The zero-order chi connectivity index (χ0) is 15.3. The van der Waals surface area contributed by atoms with Crippen molar-refractivity contribution in [2.24, 2.45) is 0 Å². The largest absolute Gasteiger partial charge is 0.478 e. The van der Waals surface area contributed by atoms with Crippen LogP contribution >= 0.6 is 0 Å². The zero-order valence-corrected chi connectivity index (χ0v) is 11.2. The molecule has 0 saturated heterocycles. The van der Waals surface area contributed by atoms with Crippen molar-refractivity contribution in [2.75, 3.05) is 5.32 Å². The predicted molar refractivity (Wildman–Crippen MR) is 69.8 cm³/mol. The number of carboxylic acids is 1. The highest BCUT2D eigenvalue weighted by molar-refractivity contribution is 5.93. The maximum Gasteiger partial charge on any atom is 0.338 e. The van der Waals surface area contributed by atoms with Gasteiger partial charge in [-0.25, -0.2) is 18.4 Å². The minimum atomic E-state index is -1.54. The average Bonchev–Trinajstić information content (AvgIpc) is 2.38. The van der Waals surface area contributed by atoms with Gasteiger partial charge in [-0.15, -0.1) is 0 Å². The van der Waals surface area contributed by atoms with E-state index < -0.39 is 29.2 Å². The smallest absolute Gasteiger partial charge is 0.338 e.